The monoisotopic (exact) mass is 334 g/mol. The van der Waals surface area contributed by atoms with Gasteiger partial charge >= 0.3 is 5.30 Å². The zero-order chi connectivity index (χ0) is 12.7. The van der Waals surface area contributed by atoms with Crippen LogP contribution in [0.4, 0.5) is 4.79 Å². The fourth-order valence-corrected chi connectivity index (χ4v) is 2.78. The van der Waals surface area contributed by atoms with E-state index in [1.807, 2.05) is 12.1 Å². The Kier molecular flexibility index (Phi) is 6.69. The molecule has 92 valence electrons. The third-order valence-electron chi connectivity index (χ3n) is 1.75. The summed E-state index contributed by atoms with van der Waals surface area (Å²) in [6, 6.07) is 7.14. The van der Waals surface area contributed by atoms with Crippen molar-refractivity contribution in [2.24, 2.45) is 0 Å². The molecule has 0 radical (unpaired) electrons. The number of benzene rings is 1. The van der Waals surface area contributed by atoms with E-state index >= 15 is 0 Å². The Morgan fingerprint density at radius 3 is 2.53 bits per heavy atom. The van der Waals surface area contributed by atoms with E-state index in [0.717, 1.165) is 15.3 Å². The highest BCUT2D eigenvalue weighted by molar-refractivity contribution is 9.10. The smallest absolute Gasteiger partial charge is 0.378 e. The lowest BCUT2D eigenvalue weighted by molar-refractivity contribution is 0.102. The molecule has 0 saturated heterocycles. The normalized spacial score (nSPS) is 10.0. The molecule has 0 N–H and O–H groups in total. The van der Waals surface area contributed by atoms with Crippen LogP contribution in [0.5, 0.6) is 0 Å². The van der Waals surface area contributed by atoms with Crippen LogP contribution in [0.25, 0.3) is 0 Å². The third kappa shape index (κ3) is 5.61. The van der Waals surface area contributed by atoms with Crippen LogP contribution >= 0.6 is 37.5 Å². The van der Waals surface area contributed by atoms with Crippen LogP contribution in [0.15, 0.2) is 28.7 Å². The van der Waals surface area contributed by atoms with Crippen molar-refractivity contribution in [1.29, 1.82) is 0 Å². The summed E-state index contributed by atoms with van der Waals surface area (Å²) < 4.78 is 5.66. The molecule has 0 aliphatic carbocycles. The number of hydrogen-bond donors (Lipinski definition) is 0. The maximum Gasteiger partial charge on any atom is 0.378 e. The maximum atomic E-state index is 11.7. The summed E-state index contributed by atoms with van der Waals surface area (Å²) in [7, 11) is 2.14. The molecule has 0 heterocycles. The highest BCUT2D eigenvalue weighted by Gasteiger charge is 2.09. The fourth-order valence-electron chi connectivity index (χ4n) is 0.992. The lowest BCUT2D eigenvalue weighted by atomic mass is 10.2. The summed E-state index contributed by atoms with van der Waals surface area (Å²) in [5, 5.41) is -0.360. The van der Waals surface area contributed by atoms with Gasteiger partial charge < -0.3 is 4.74 Å². The van der Waals surface area contributed by atoms with E-state index in [9.17, 15) is 9.59 Å². The van der Waals surface area contributed by atoms with Crippen LogP contribution in [0.1, 0.15) is 17.3 Å². The highest BCUT2D eigenvalue weighted by atomic mass is 79.9. The van der Waals surface area contributed by atoms with Gasteiger partial charge in [0, 0.05) is 20.8 Å². The molecule has 0 aromatic heterocycles. The van der Waals surface area contributed by atoms with Crippen molar-refractivity contribution in [2.75, 3.05) is 12.4 Å². The van der Waals surface area contributed by atoms with Gasteiger partial charge in [0.2, 0.25) is 0 Å². The molecule has 0 atom stereocenters. The second-order valence-corrected chi connectivity index (χ2v) is 6.11. The highest BCUT2D eigenvalue weighted by Crippen LogP contribution is 2.24. The first kappa shape index (κ1) is 14.6. The Morgan fingerprint density at radius 2 is 1.94 bits per heavy atom. The molecule has 1 rings (SSSR count). The van der Waals surface area contributed by atoms with Crippen molar-refractivity contribution in [2.45, 2.75) is 6.92 Å². The van der Waals surface area contributed by atoms with Gasteiger partial charge in [0.05, 0.1) is 12.4 Å². The van der Waals surface area contributed by atoms with E-state index in [4.69, 9.17) is 4.74 Å². The number of hydrogen-bond acceptors (Lipinski definition) is 5. The van der Waals surface area contributed by atoms with Gasteiger partial charge in [0.15, 0.2) is 5.78 Å². The Bertz CT molecular complexity index is 392. The summed E-state index contributed by atoms with van der Waals surface area (Å²) in [6.07, 6.45) is 0. The number of carbonyl (C=O) groups excluding carboxylic acids is 2. The van der Waals surface area contributed by atoms with Crippen molar-refractivity contribution >= 4 is 48.6 Å². The van der Waals surface area contributed by atoms with E-state index in [-0.39, 0.29) is 16.8 Å². The van der Waals surface area contributed by atoms with E-state index in [2.05, 4.69) is 15.9 Å². The molecule has 1 aromatic carbocycles. The zero-order valence-corrected chi connectivity index (χ0v) is 12.4. The minimum atomic E-state index is -0.360. The molecule has 1 aromatic rings. The largest absolute Gasteiger partial charge is 0.457 e. The molecule has 0 unspecified atom stereocenters. The fraction of sp³-hybridized carbons (Fsp3) is 0.273. The van der Waals surface area contributed by atoms with Gasteiger partial charge in [-0.25, -0.2) is 4.79 Å². The average Bonchev–Trinajstić information content (AvgIpc) is 2.30. The van der Waals surface area contributed by atoms with Gasteiger partial charge in [-0.2, -0.15) is 0 Å². The topological polar surface area (TPSA) is 43.4 Å². The molecule has 0 amide bonds. The van der Waals surface area contributed by atoms with Crippen molar-refractivity contribution in [1.82, 2.24) is 0 Å². The zero-order valence-electron chi connectivity index (χ0n) is 9.14. The van der Waals surface area contributed by atoms with Crippen LogP contribution in [0.3, 0.4) is 0 Å². The Morgan fingerprint density at radius 1 is 1.29 bits per heavy atom. The summed E-state index contributed by atoms with van der Waals surface area (Å²) in [4.78, 5) is 22.7. The van der Waals surface area contributed by atoms with Crippen LogP contribution in [0.2, 0.25) is 0 Å². The third-order valence-corrected chi connectivity index (χ3v) is 4.14. The first-order chi connectivity index (χ1) is 8.13. The van der Waals surface area contributed by atoms with E-state index in [1.165, 1.54) is 10.8 Å². The maximum absolute atomic E-state index is 11.7. The molecular formula is C11H11BrO3S2. The molecule has 0 aliphatic heterocycles. The number of ketones is 1. The molecule has 0 aliphatic rings. The first-order valence-electron chi connectivity index (χ1n) is 4.88. The number of carbonyl (C=O) groups is 2. The van der Waals surface area contributed by atoms with Gasteiger partial charge in [-0.3, -0.25) is 4.79 Å². The Hall–Kier alpha value is -0.460. The van der Waals surface area contributed by atoms with Crippen LogP contribution in [-0.2, 0) is 4.74 Å². The molecule has 0 bridgehead atoms. The number of rotatable bonds is 5. The van der Waals surface area contributed by atoms with Gasteiger partial charge in [-0.1, -0.05) is 38.9 Å². The second-order valence-electron chi connectivity index (χ2n) is 2.96. The van der Waals surface area contributed by atoms with Crippen molar-refractivity contribution in [3.05, 3.63) is 34.3 Å². The number of ether oxygens (including phenoxy) is 1. The molecule has 3 nitrogen and oxygen atoms in total. The Labute approximate surface area is 116 Å². The summed E-state index contributed by atoms with van der Waals surface area (Å²) in [5.41, 5.74) is 0.644. The van der Waals surface area contributed by atoms with Crippen LogP contribution in [0, 0.1) is 0 Å². The molecule has 0 saturated carbocycles. The quantitative estimate of drug-likeness (QED) is 0.459. The summed E-state index contributed by atoms with van der Waals surface area (Å²) in [5.74, 6) is 0.254. The van der Waals surface area contributed by atoms with Crippen LogP contribution in [-0.4, -0.2) is 23.4 Å². The van der Waals surface area contributed by atoms with Crippen LogP contribution < -0.4 is 0 Å². The lowest BCUT2D eigenvalue weighted by Gasteiger charge is -2.01. The predicted molar refractivity (Wildman–Crippen MR) is 75.5 cm³/mol. The molecule has 17 heavy (non-hydrogen) atoms. The number of Topliss-reactive ketones (excluding diaryl/α,β-unsaturated/α-hetero) is 1. The van der Waals surface area contributed by atoms with Crippen molar-refractivity contribution in [3.63, 3.8) is 0 Å². The average molecular weight is 335 g/mol. The first-order valence-corrected chi connectivity index (χ1v) is 7.99. The van der Waals surface area contributed by atoms with Gasteiger partial charge in [-0.15, -0.1) is 0 Å². The predicted octanol–water partition coefficient (Wildman–Crippen LogP) is 4.17. The van der Waals surface area contributed by atoms with Gasteiger partial charge in [0.1, 0.15) is 0 Å². The SMILES string of the molecule is CCOC(=O)SSCC(=O)c1ccc(Br)cc1. The van der Waals surface area contributed by atoms with Gasteiger partial charge in [0.25, 0.3) is 0 Å². The minimum absolute atomic E-state index is 0.000650. The Balaban J connectivity index is 2.35. The summed E-state index contributed by atoms with van der Waals surface area (Å²) >= 11 is 3.30. The van der Waals surface area contributed by atoms with Crippen molar-refractivity contribution < 1.29 is 14.3 Å². The second kappa shape index (κ2) is 7.79. The summed E-state index contributed by atoms with van der Waals surface area (Å²) in [6.45, 7) is 2.10. The molecular weight excluding hydrogens is 324 g/mol. The molecule has 0 spiro atoms. The molecule has 6 heteroatoms. The minimum Gasteiger partial charge on any atom is -0.457 e. The van der Waals surface area contributed by atoms with E-state index in [0.29, 0.717) is 12.2 Å². The van der Waals surface area contributed by atoms with E-state index < -0.39 is 0 Å². The van der Waals surface area contributed by atoms with Crippen molar-refractivity contribution in [3.8, 4) is 0 Å². The lowest BCUT2D eigenvalue weighted by Crippen LogP contribution is -2.02. The van der Waals surface area contributed by atoms with Gasteiger partial charge in [-0.05, 0) is 19.1 Å². The standard InChI is InChI=1S/C11H11BrO3S2/c1-2-15-11(14)17-16-7-10(13)8-3-5-9(12)6-4-8/h3-6H,2,7H2,1H3. The number of halogens is 1. The van der Waals surface area contributed by atoms with E-state index in [1.54, 1.807) is 19.1 Å². The molecule has 0 fully saturated rings.